The van der Waals surface area contributed by atoms with Crippen molar-refractivity contribution in [3.8, 4) is 5.82 Å². The minimum absolute atomic E-state index is 0.216. The van der Waals surface area contributed by atoms with Gasteiger partial charge in [0, 0.05) is 17.1 Å². The predicted octanol–water partition coefficient (Wildman–Crippen LogP) is 3.57. The Morgan fingerprint density at radius 2 is 2.17 bits per heavy atom. The van der Waals surface area contributed by atoms with E-state index in [2.05, 4.69) is 15.4 Å². The number of nitrogens with one attached hydrogen (secondary N) is 1. The van der Waals surface area contributed by atoms with E-state index in [0.717, 1.165) is 17.8 Å². The highest BCUT2D eigenvalue weighted by Crippen LogP contribution is 2.18. The summed E-state index contributed by atoms with van der Waals surface area (Å²) in [6.45, 7) is 4.40. The number of halogens is 1. The Morgan fingerprint density at radius 3 is 2.83 bits per heavy atom. The van der Waals surface area contributed by atoms with Gasteiger partial charge in [-0.1, -0.05) is 17.7 Å². The van der Waals surface area contributed by atoms with Crippen LogP contribution in [-0.2, 0) is 6.42 Å². The zero-order valence-electron chi connectivity index (χ0n) is 13.4. The maximum atomic E-state index is 12.4. The van der Waals surface area contributed by atoms with Crippen molar-refractivity contribution in [2.24, 2.45) is 0 Å². The van der Waals surface area contributed by atoms with Crippen LogP contribution in [0.2, 0.25) is 5.02 Å². The molecule has 3 aromatic heterocycles. The fourth-order valence-electron chi connectivity index (χ4n) is 2.41. The number of rotatable bonds is 5. The highest BCUT2D eigenvalue weighted by molar-refractivity contribution is 7.09. The van der Waals surface area contributed by atoms with Gasteiger partial charge in [0.25, 0.3) is 5.91 Å². The molecule has 0 saturated heterocycles. The number of hydrogen-bond acceptors (Lipinski definition) is 4. The molecule has 24 heavy (non-hydrogen) atoms. The lowest BCUT2D eigenvalue weighted by Gasteiger charge is -2.09. The number of pyridine rings is 1. The molecular weight excluding hydrogens is 344 g/mol. The summed E-state index contributed by atoms with van der Waals surface area (Å²) < 4.78 is 1.70. The number of carbonyl (C=O) groups is 1. The zero-order chi connectivity index (χ0) is 17.1. The predicted molar refractivity (Wildman–Crippen MR) is 96.2 cm³/mol. The molecule has 1 amide bonds. The van der Waals surface area contributed by atoms with E-state index in [9.17, 15) is 4.79 Å². The highest BCUT2D eigenvalue weighted by Gasteiger charge is 2.15. The van der Waals surface area contributed by atoms with Gasteiger partial charge in [-0.05, 0) is 49.9 Å². The van der Waals surface area contributed by atoms with Crippen LogP contribution >= 0.6 is 22.9 Å². The smallest absolute Gasteiger partial charge is 0.271 e. The van der Waals surface area contributed by atoms with Crippen molar-refractivity contribution in [3.63, 3.8) is 0 Å². The second-order valence-electron chi connectivity index (χ2n) is 5.42. The topological polar surface area (TPSA) is 59.8 Å². The molecule has 0 spiro atoms. The van der Waals surface area contributed by atoms with Crippen LogP contribution in [-0.4, -0.2) is 27.2 Å². The Bertz CT molecular complexity index is 858. The molecule has 1 N–H and O–H groups in total. The number of carbonyl (C=O) groups excluding carboxylic acids is 1. The lowest BCUT2D eigenvalue weighted by atomic mass is 10.3. The lowest BCUT2D eigenvalue weighted by molar-refractivity contribution is 0.0949. The third-order valence-electron chi connectivity index (χ3n) is 3.51. The van der Waals surface area contributed by atoms with Gasteiger partial charge in [-0.15, -0.1) is 11.3 Å². The largest absolute Gasteiger partial charge is 0.350 e. The van der Waals surface area contributed by atoms with Crippen LogP contribution in [0.15, 0.2) is 35.7 Å². The standard InChI is InChI=1S/C17H17ClN4OS/c1-11-10-12(2)22(21-11)15-6-5-14(18)16(20-15)17(23)19-8-7-13-4-3-9-24-13/h3-6,9-10H,7-8H2,1-2H3,(H,19,23). The number of thiophene rings is 1. The normalized spacial score (nSPS) is 10.8. The Kier molecular flexibility index (Phi) is 4.97. The third-order valence-corrected chi connectivity index (χ3v) is 4.75. The average molecular weight is 361 g/mol. The van der Waals surface area contributed by atoms with Crippen LogP contribution < -0.4 is 5.32 Å². The van der Waals surface area contributed by atoms with Gasteiger partial charge in [-0.2, -0.15) is 5.10 Å². The summed E-state index contributed by atoms with van der Waals surface area (Å²) in [6.07, 6.45) is 0.790. The number of aromatic nitrogens is 3. The molecule has 0 aromatic carbocycles. The van der Waals surface area contributed by atoms with Crippen molar-refractivity contribution < 1.29 is 4.79 Å². The van der Waals surface area contributed by atoms with Gasteiger partial charge < -0.3 is 5.32 Å². The zero-order valence-corrected chi connectivity index (χ0v) is 15.0. The van der Waals surface area contributed by atoms with E-state index in [0.29, 0.717) is 17.4 Å². The summed E-state index contributed by atoms with van der Waals surface area (Å²) in [5.74, 6) is 0.299. The van der Waals surface area contributed by atoms with Crippen molar-refractivity contribution in [3.05, 3.63) is 62.7 Å². The molecule has 0 aliphatic rings. The first kappa shape index (κ1) is 16.7. The van der Waals surface area contributed by atoms with E-state index in [-0.39, 0.29) is 11.6 Å². The molecule has 3 rings (SSSR count). The lowest BCUT2D eigenvalue weighted by Crippen LogP contribution is -2.27. The van der Waals surface area contributed by atoms with Crippen molar-refractivity contribution in [2.45, 2.75) is 20.3 Å². The fraction of sp³-hybridized carbons (Fsp3) is 0.235. The Hall–Kier alpha value is -2.18. The van der Waals surface area contributed by atoms with E-state index >= 15 is 0 Å². The molecule has 0 aliphatic heterocycles. The van der Waals surface area contributed by atoms with Crippen molar-refractivity contribution in [2.75, 3.05) is 6.54 Å². The van der Waals surface area contributed by atoms with Gasteiger partial charge in [-0.25, -0.2) is 9.67 Å². The molecule has 0 fully saturated rings. The molecule has 124 valence electrons. The van der Waals surface area contributed by atoms with E-state index in [1.54, 1.807) is 28.2 Å². The first-order chi connectivity index (χ1) is 11.5. The van der Waals surface area contributed by atoms with Gasteiger partial charge in [-0.3, -0.25) is 4.79 Å². The summed E-state index contributed by atoms with van der Waals surface area (Å²) in [7, 11) is 0. The number of amides is 1. The molecule has 0 aliphatic carbocycles. The van der Waals surface area contributed by atoms with Gasteiger partial charge in [0.05, 0.1) is 10.7 Å². The molecule has 3 heterocycles. The summed E-state index contributed by atoms with van der Waals surface area (Å²) in [5, 5.41) is 9.60. The summed E-state index contributed by atoms with van der Waals surface area (Å²) in [6, 6.07) is 9.43. The van der Waals surface area contributed by atoms with Gasteiger partial charge >= 0.3 is 0 Å². The molecule has 0 saturated carbocycles. The van der Waals surface area contributed by atoms with Crippen LogP contribution in [0.4, 0.5) is 0 Å². The van der Waals surface area contributed by atoms with E-state index in [4.69, 9.17) is 11.6 Å². The number of hydrogen-bond donors (Lipinski definition) is 1. The second-order valence-corrected chi connectivity index (χ2v) is 6.86. The van der Waals surface area contributed by atoms with Crippen molar-refractivity contribution in [1.82, 2.24) is 20.1 Å². The number of nitrogens with zero attached hydrogens (tertiary/aromatic N) is 3. The summed E-state index contributed by atoms with van der Waals surface area (Å²) >= 11 is 7.82. The second kappa shape index (κ2) is 7.15. The SMILES string of the molecule is Cc1cc(C)n(-c2ccc(Cl)c(C(=O)NCCc3cccs3)n2)n1. The van der Waals surface area contributed by atoms with Crippen LogP contribution in [0.25, 0.3) is 5.82 Å². The minimum atomic E-state index is -0.278. The molecule has 0 unspecified atom stereocenters. The quantitative estimate of drug-likeness (QED) is 0.756. The Morgan fingerprint density at radius 1 is 1.33 bits per heavy atom. The molecule has 3 aromatic rings. The first-order valence-electron chi connectivity index (χ1n) is 7.55. The van der Waals surface area contributed by atoms with Crippen LogP contribution in [0.5, 0.6) is 0 Å². The van der Waals surface area contributed by atoms with Crippen LogP contribution in [0.3, 0.4) is 0 Å². The molecule has 0 radical (unpaired) electrons. The van der Waals surface area contributed by atoms with E-state index in [1.807, 2.05) is 37.4 Å². The number of aryl methyl sites for hydroxylation is 2. The Balaban J connectivity index is 1.75. The molecular formula is C17H17ClN4OS. The average Bonchev–Trinajstić information content (AvgIpc) is 3.17. The van der Waals surface area contributed by atoms with E-state index in [1.165, 1.54) is 4.88 Å². The van der Waals surface area contributed by atoms with Crippen LogP contribution in [0.1, 0.15) is 26.8 Å². The van der Waals surface area contributed by atoms with Gasteiger partial charge in [0.15, 0.2) is 5.82 Å². The minimum Gasteiger partial charge on any atom is -0.350 e. The maximum absolute atomic E-state index is 12.4. The molecule has 0 bridgehead atoms. The fourth-order valence-corrected chi connectivity index (χ4v) is 3.31. The summed E-state index contributed by atoms with van der Waals surface area (Å²) in [5.41, 5.74) is 2.06. The van der Waals surface area contributed by atoms with Crippen LogP contribution in [0, 0.1) is 13.8 Å². The third kappa shape index (κ3) is 3.66. The van der Waals surface area contributed by atoms with Crippen molar-refractivity contribution in [1.29, 1.82) is 0 Å². The monoisotopic (exact) mass is 360 g/mol. The highest BCUT2D eigenvalue weighted by atomic mass is 35.5. The van der Waals surface area contributed by atoms with E-state index < -0.39 is 0 Å². The Labute approximate surface area is 149 Å². The molecule has 5 nitrogen and oxygen atoms in total. The van der Waals surface area contributed by atoms with Gasteiger partial charge in [0.2, 0.25) is 0 Å². The first-order valence-corrected chi connectivity index (χ1v) is 8.81. The molecule has 0 atom stereocenters. The van der Waals surface area contributed by atoms with Gasteiger partial charge in [0.1, 0.15) is 5.69 Å². The van der Waals surface area contributed by atoms with Crippen molar-refractivity contribution >= 4 is 28.8 Å². The summed E-state index contributed by atoms with van der Waals surface area (Å²) in [4.78, 5) is 18.0. The maximum Gasteiger partial charge on any atom is 0.271 e. The molecule has 7 heteroatoms.